The van der Waals surface area contributed by atoms with Crippen LogP contribution < -0.4 is 14.8 Å². The number of hydrogen-bond donors (Lipinski definition) is 1. The molecule has 132 valence electrons. The van der Waals surface area contributed by atoms with Crippen molar-refractivity contribution in [1.29, 1.82) is 0 Å². The lowest BCUT2D eigenvalue weighted by atomic mass is 9.87. The van der Waals surface area contributed by atoms with Gasteiger partial charge in [-0.3, -0.25) is 4.79 Å². The summed E-state index contributed by atoms with van der Waals surface area (Å²) >= 11 is 0. The summed E-state index contributed by atoms with van der Waals surface area (Å²) in [7, 11) is 2.91. The van der Waals surface area contributed by atoms with Crippen molar-refractivity contribution >= 4 is 5.91 Å². The zero-order valence-electron chi connectivity index (χ0n) is 14.1. The van der Waals surface area contributed by atoms with Crippen LogP contribution in [-0.2, 0) is 6.42 Å². The summed E-state index contributed by atoms with van der Waals surface area (Å²) < 4.78 is 37.9. The standard InChI is InChI=1S/C19H19F2NO3/c1-24-12-6-7-13-11(10-12)4-3-5-15(13)22-19(23)17-16(25-2)9-8-14(20)18(17)21/h6-10,15H,3-5H2,1-2H3,(H,22,23). The SMILES string of the molecule is COc1ccc2c(c1)CCCC2NC(=O)c1c(OC)ccc(F)c1F. The van der Waals surface area contributed by atoms with Gasteiger partial charge in [0.05, 0.1) is 20.3 Å². The molecule has 1 aliphatic carbocycles. The van der Waals surface area contributed by atoms with Gasteiger partial charge in [-0.05, 0) is 54.7 Å². The Kier molecular flexibility index (Phi) is 4.88. The summed E-state index contributed by atoms with van der Waals surface area (Å²) in [4.78, 5) is 12.6. The number of fused-ring (bicyclic) bond motifs is 1. The maximum absolute atomic E-state index is 14.1. The largest absolute Gasteiger partial charge is 0.497 e. The van der Waals surface area contributed by atoms with Gasteiger partial charge in [-0.15, -0.1) is 0 Å². The molecule has 0 heterocycles. The fraction of sp³-hybridized carbons (Fsp3) is 0.316. The van der Waals surface area contributed by atoms with Crippen molar-refractivity contribution in [2.24, 2.45) is 0 Å². The molecule has 1 unspecified atom stereocenters. The van der Waals surface area contributed by atoms with Gasteiger partial charge in [0.15, 0.2) is 11.6 Å². The van der Waals surface area contributed by atoms with E-state index in [2.05, 4.69) is 5.32 Å². The molecule has 1 atom stereocenters. The zero-order valence-corrected chi connectivity index (χ0v) is 14.1. The molecule has 1 amide bonds. The van der Waals surface area contributed by atoms with Gasteiger partial charge in [-0.2, -0.15) is 0 Å². The molecule has 25 heavy (non-hydrogen) atoms. The average Bonchev–Trinajstić information content (AvgIpc) is 2.63. The van der Waals surface area contributed by atoms with Crippen molar-refractivity contribution in [2.75, 3.05) is 14.2 Å². The quantitative estimate of drug-likeness (QED) is 0.915. The molecule has 0 saturated carbocycles. The van der Waals surface area contributed by atoms with E-state index < -0.39 is 23.1 Å². The van der Waals surface area contributed by atoms with Crippen molar-refractivity contribution < 1.29 is 23.0 Å². The second-order valence-electron chi connectivity index (χ2n) is 5.92. The topological polar surface area (TPSA) is 47.6 Å². The highest BCUT2D eigenvalue weighted by Crippen LogP contribution is 2.33. The normalized spacial score (nSPS) is 16.1. The minimum Gasteiger partial charge on any atom is -0.497 e. The first-order chi connectivity index (χ1) is 12.0. The van der Waals surface area contributed by atoms with E-state index in [1.54, 1.807) is 7.11 Å². The van der Waals surface area contributed by atoms with Crippen LogP contribution in [0.3, 0.4) is 0 Å². The fourth-order valence-corrected chi connectivity index (χ4v) is 3.21. The van der Waals surface area contributed by atoms with Crippen LogP contribution in [0.4, 0.5) is 8.78 Å². The van der Waals surface area contributed by atoms with Crippen LogP contribution in [0.1, 0.15) is 40.4 Å². The number of nitrogens with one attached hydrogen (secondary N) is 1. The van der Waals surface area contributed by atoms with E-state index in [1.165, 1.54) is 13.2 Å². The van der Waals surface area contributed by atoms with Crippen molar-refractivity contribution in [3.8, 4) is 11.5 Å². The minimum atomic E-state index is -1.21. The maximum atomic E-state index is 14.1. The van der Waals surface area contributed by atoms with Crippen LogP contribution in [0.2, 0.25) is 0 Å². The lowest BCUT2D eigenvalue weighted by molar-refractivity contribution is 0.0924. The molecule has 3 rings (SSSR count). The third-order valence-corrected chi connectivity index (χ3v) is 4.47. The van der Waals surface area contributed by atoms with Crippen molar-refractivity contribution in [2.45, 2.75) is 25.3 Å². The molecule has 0 radical (unpaired) electrons. The van der Waals surface area contributed by atoms with E-state index in [-0.39, 0.29) is 11.8 Å². The minimum absolute atomic E-state index is 0.00200. The van der Waals surface area contributed by atoms with Gasteiger partial charge in [0, 0.05) is 0 Å². The van der Waals surface area contributed by atoms with Gasteiger partial charge in [0.25, 0.3) is 5.91 Å². The van der Waals surface area contributed by atoms with E-state index in [0.717, 1.165) is 42.2 Å². The molecule has 0 spiro atoms. The summed E-state index contributed by atoms with van der Waals surface area (Å²) in [6.45, 7) is 0. The van der Waals surface area contributed by atoms with Gasteiger partial charge in [0.2, 0.25) is 0 Å². The number of aryl methyl sites for hydroxylation is 1. The number of amides is 1. The van der Waals surface area contributed by atoms with Crippen LogP contribution in [0.15, 0.2) is 30.3 Å². The molecule has 0 saturated heterocycles. The fourth-order valence-electron chi connectivity index (χ4n) is 3.21. The zero-order chi connectivity index (χ0) is 18.0. The third kappa shape index (κ3) is 3.29. The second kappa shape index (κ2) is 7.09. The number of methoxy groups -OCH3 is 2. The van der Waals surface area contributed by atoms with Gasteiger partial charge >= 0.3 is 0 Å². The van der Waals surface area contributed by atoms with Gasteiger partial charge < -0.3 is 14.8 Å². The first-order valence-corrected chi connectivity index (χ1v) is 8.04. The Bertz CT molecular complexity index is 807. The van der Waals surface area contributed by atoms with E-state index in [1.807, 2.05) is 18.2 Å². The molecular weight excluding hydrogens is 328 g/mol. The maximum Gasteiger partial charge on any atom is 0.258 e. The van der Waals surface area contributed by atoms with E-state index in [0.29, 0.717) is 0 Å². The molecule has 2 aromatic carbocycles. The highest BCUT2D eigenvalue weighted by molar-refractivity contribution is 5.97. The third-order valence-electron chi connectivity index (χ3n) is 4.47. The van der Waals surface area contributed by atoms with Gasteiger partial charge in [-0.1, -0.05) is 6.07 Å². The first kappa shape index (κ1) is 17.2. The van der Waals surface area contributed by atoms with Crippen LogP contribution in [0, 0.1) is 11.6 Å². The predicted molar refractivity (Wildman–Crippen MR) is 89.0 cm³/mol. The molecule has 0 aliphatic heterocycles. The molecule has 6 heteroatoms. The molecular formula is C19H19F2NO3. The van der Waals surface area contributed by atoms with E-state index in [9.17, 15) is 13.6 Å². The van der Waals surface area contributed by atoms with Crippen LogP contribution in [-0.4, -0.2) is 20.1 Å². The predicted octanol–water partition coefficient (Wildman–Crippen LogP) is 3.79. The Labute approximate surface area is 144 Å². The molecule has 1 aliphatic rings. The summed E-state index contributed by atoms with van der Waals surface area (Å²) in [6, 6.07) is 7.58. The van der Waals surface area contributed by atoms with Crippen LogP contribution in [0.25, 0.3) is 0 Å². The Morgan fingerprint density at radius 3 is 2.68 bits per heavy atom. The number of benzene rings is 2. The lowest BCUT2D eigenvalue weighted by Gasteiger charge is -2.27. The first-order valence-electron chi connectivity index (χ1n) is 8.04. The summed E-state index contributed by atoms with van der Waals surface area (Å²) in [5, 5.41) is 2.81. The molecule has 1 N–H and O–H groups in total. The Balaban J connectivity index is 1.90. The van der Waals surface area contributed by atoms with Gasteiger partial charge in [0.1, 0.15) is 17.1 Å². The number of halogens is 2. The second-order valence-corrected chi connectivity index (χ2v) is 5.92. The smallest absolute Gasteiger partial charge is 0.258 e. The Morgan fingerprint density at radius 1 is 1.16 bits per heavy atom. The molecule has 0 fully saturated rings. The number of carbonyl (C=O) groups excluding carboxylic acids is 1. The highest BCUT2D eigenvalue weighted by Gasteiger charge is 2.27. The van der Waals surface area contributed by atoms with E-state index in [4.69, 9.17) is 9.47 Å². The lowest BCUT2D eigenvalue weighted by Crippen LogP contribution is -2.32. The van der Waals surface area contributed by atoms with E-state index >= 15 is 0 Å². The number of carbonyl (C=O) groups is 1. The van der Waals surface area contributed by atoms with Crippen molar-refractivity contribution in [3.63, 3.8) is 0 Å². The van der Waals surface area contributed by atoms with Crippen molar-refractivity contribution in [1.82, 2.24) is 5.32 Å². The van der Waals surface area contributed by atoms with Crippen molar-refractivity contribution in [3.05, 3.63) is 58.7 Å². The number of rotatable bonds is 4. The Hall–Kier alpha value is -2.63. The van der Waals surface area contributed by atoms with Gasteiger partial charge in [-0.25, -0.2) is 8.78 Å². The number of hydrogen-bond acceptors (Lipinski definition) is 3. The Morgan fingerprint density at radius 2 is 1.96 bits per heavy atom. The average molecular weight is 347 g/mol. The highest BCUT2D eigenvalue weighted by atomic mass is 19.2. The molecule has 4 nitrogen and oxygen atoms in total. The number of ether oxygens (including phenoxy) is 2. The molecule has 0 bridgehead atoms. The van der Waals surface area contributed by atoms with Crippen LogP contribution >= 0.6 is 0 Å². The molecule has 0 aromatic heterocycles. The summed E-state index contributed by atoms with van der Waals surface area (Å²) in [5.41, 5.74) is 1.64. The molecule has 2 aromatic rings. The van der Waals surface area contributed by atoms with Crippen LogP contribution in [0.5, 0.6) is 11.5 Å². The summed E-state index contributed by atoms with van der Waals surface area (Å²) in [5.74, 6) is -2.23. The summed E-state index contributed by atoms with van der Waals surface area (Å²) in [6.07, 6.45) is 2.49. The monoisotopic (exact) mass is 347 g/mol.